The van der Waals surface area contributed by atoms with Crippen molar-refractivity contribution in [2.24, 2.45) is 4.99 Å². The number of allylic oxidation sites excluding steroid dienone is 1. The van der Waals surface area contributed by atoms with Crippen LogP contribution in [0.2, 0.25) is 0 Å². The van der Waals surface area contributed by atoms with Crippen LogP contribution in [0.15, 0.2) is 41.5 Å². The van der Waals surface area contributed by atoms with Gasteiger partial charge in [0.15, 0.2) is 0 Å². The maximum Gasteiger partial charge on any atom is 0.119 e. The fraction of sp³-hybridized carbons (Fsp3) is 0.267. The van der Waals surface area contributed by atoms with Crippen molar-refractivity contribution in [3.05, 3.63) is 47.7 Å². The van der Waals surface area contributed by atoms with Crippen molar-refractivity contribution < 1.29 is 5.11 Å². The standard InChI is InChI=1S/C15H18N2O/c1-10(2)13-6-5-12(8-15(13)18)14-7-11(3)17(4)9-16-14/h5-10,18H,3H2,1-2,4H3. The lowest BCUT2D eigenvalue weighted by Crippen LogP contribution is -2.16. The van der Waals surface area contributed by atoms with Crippen molar-refractivity contribution in [3.8, 4) is 5.75 Å². The molecule has 1 N–H and O–H groups in total. The molecule has 1 aliphatic heterocycles. The van der Waals surface area contributed by atoms with Crippen molar-refractivity contribution in [3.63, 3.8) is 0 Å². The number of rotatable bonds is 2. The lowest BCUT2D eigenvalue weighted by molar-refractivity contribution is 0.464. The van der Waals surface area contributed by atoms with E-state index in [1.165, 1.54) is 0 Å². The highest BCUT2D eigenvalue weighted by atomic mass is 16.3. The molecule has 3 nitrogen and oxygen atoms in total. The Morgan fingerprint density at radius 3 is 2.61 bits per heavy atom. The lowest BCUT2D eigenvalue weighted by Gasteiger charge is -2.19. The van der Waals surface area contributed by atoms with Crippen molar-refractivity contribution in [2.45, 2.75) is 19.8 Å². The number of nitrogens with zero attached hydrogens (tertiary/aromatic N) is 2. The molecule has 0 radical (unpaired) electrons. The molecule has 1 aromatic rings. The zero-order chi connectivity index (χ0) is 13.3. The Hall–Kier alpha value is -2.03. The van der Waals surface area contributed by atoms with Gasteiger partial charge in [0.2, 0.25) is 0 Å². The highest BCUT2D eigenvalue weighted by molar-refractivity contribution is 5.79. The minimum Gasteiger partial charge on any atom is -0.508 e. The monoisotopic (exact) mass is 242 g/mol. The van der Waals surface area contributed by atoms with Crippen LogP contribution in [0.5, 0.6) is 5.75 Å². The molecule has 0 amide bonds. The summed E-state index contributed by atoms with van der Waals surface area (Å²) in [6, 6.07) is 5.70. The molecule has 94 valence electrons. The van der Waals surface area contributed by atoms with E-state index in [0.717, 1.165) is 22.5 Å². The molecular formula is C15H18N2O. The smallest absolute Gasteiger partial charge is 0.119 e. The van der Waals surface area contributed by atoms with Crippen LogP contribution in [-0.4, -0.2) is 23.4 Å². The SMILES string of the molecule is C=C1C=C(c2ccc(C(C)C)c(O)c2)N=CN1C. The normalized spacial score (nSPS) is 15.2. The van der Waals surface area contributed by atoms with Crippen LogP contribution in [0.3, 0.4) is 0 Å². The van der Waals surface area contributed by atoms with Gasteiger partial charge < -0.3 is 10.0 Å². The van der Waals surface area contributed by atoms with Crippen LogP contribution in [0.1, 0.15) is 30.9 Å². The van der Waals surface area contributed by atoms with Crippen LogP contribution in [0, 0.1) is 0 Å². The lowest BCUT2D eigenvalue weighted by atomic mass is 9.99. The second-order valence-electron chi connectivity index (χ2n) is 4.80. The Bertz CT molecular complexity index is 541. The second kappa shape index (κ2) is 4.69. The molecule has 1 heterocycles. The predicted molar refractivity (Wildman–Crippen MR) is 75.6 cm³/mol. The van der Waals surface area contributed by atoms with E-state index in [-0.39, 0.29) is 0 Å². The van der Waals surface area contributed by atoms with Crippen molar-refractivity contribution in [2.75, 3.05) is 7.05 Å². The summed E-state index contributed by atoms with van der Waals surface area (Å²) >= 11 is 0. The first-order valence-electron chi connectivity index (χ1n) is 6.00. The Balaban J connectivity index is 2.36. The minimum atomic E-state index is 0.309. The fourth-order valence-electron chi connectivity index (χ4n) is 1.87. The van der Waals surface area contributed by atoms with Crippen molar-refractivity contribution in [1.29, 1.82) is 0 Å². The van der Waals surface area contributed by atoms with E-state index in [1.54, 1.807) is 12.4 Å². The van der Waals surface area contributed by atoms with E-state index in [4.69, 9.17) is 0 Å². The summed E-state index contributed by atoms with van der Waals surface area (Å²) in [5.74, 6) is 0.632. The highest BCUT2D eigenvalue weighted by Crippen LogP contribution is 2.30. The molecule has 2 rings (SSSR count). The minimum absolute atomic E-state index is 0.309. The van der Waals surface area contributed by atoms with Gasteiger partial charge in [-0.2, -0.15) is 0 Å². The van der Waals surface area contributed by atoms with Crippen LogP contribution in [-0.2, 0) is 0 Å². The zero-order valence-electron chi connectivity index (χ0n) is 11.0. The largest absolute Gasteiger partial charge is 0.508 e. The van der Waals surface area contributed by atoms with Crippen LogP contribution in [0.4, 0.5) is 0 Å². The number of benzene rings is 1. The van der Waals surface area contributed by atoms with Gasteiger partial charge in [-0.1, -0.05) is 32.6 Å². The topological polar surface area (TPSA) is 35.8 Å². The summed E-state index contributed by atoms with van der Waals surface area (Å²) in [7, 11) is 1.90. The van der Waals surface area contributed by atoms with Gasteiger partial charge in [-0.25, -0.2) is 4.99 Å². The summed E-state index contributed by atoms with van der Waals surface area (Å²) < 4.78 is 0. The average molecular weight is 242 g/mol. The molecule has 0 aromatic heterocycles. The third-order valence-electron chi connectivity index (χ3n) is 3.07. The first-order valence-corrected chi connectivity index (χ1v) is 6.00. The molecular weight excluding hydrogens is 224 g/mol. The molecule has 18 heavy (non-hydrogen) atoms. The maximum absolute atomic E-state index is 10.00. The van der Waals surface area contributed by atoms with E-state index in [9.17, 15) is 5.11 Å². The van der Waals surface area contributed by atoms with E-state index >= 15 is 0 Å². The molecule has 0 atom stereocenters. The molecule has 0 spiro atoms. The second-order valence-corrected chi connectivity index (χ2v) is 4.80. The zero-order valence-corrected chi connectivity index (χ0v) is 11.0. The van der Waals surface area contributed by atoms with Gasteiger partial charge in [0, 0.05) is 18.3 Å². The first kappa shape index (κ1) is 12.4. The molecule has 0 bridgehead atoms. The predicted octanol–water partition coefficient (Wildman–Crippen LogP) is 3.34. The van der Waals surface area contributed by atoms with Gasteiger partial charge in [0.25, 0.3) is 0 Å². The van der Waals surface area contributed by atoms with E-state index in [0.29, 0.717) is 11.7 Å². The average Bonchev–Trinajstić information content (AvgIpc) is 2.32. The number of aromatic hydroxyl groups is 1. The molecule has 0 unspecified atom stereocenters. The number of likely N-dealkylation sites (N-methyl/N-ethyl adjacent to an activating group) is 1. The summed E-state index contributed by atoms with van der Waals surface area (Å²) in [6.07, 6.45) is 3.63. The van der Waals surface area contributed by atoms with Gasteiger partial charge in [0.05, 0.1) is 12.0 Å². The van der Waals surface area contributed by atoms with Crippen LogP contribution >= 0.6 is 0 Å². The Morgan fingerprint density at radius 1 is 1.33 bits per heavy atom. The van der Waals surface area contributed by atoms with Crippen LogP contribution < -0.4 is 0 Å². The number of aliphatic imine (C=N–C) groups is 1. The maximum atomic E-state index is 10.00. The van der Waals surface area contributed by atoms with Gasteiger partial charge >= 0.3 is 0 Å². The molecule has 1 aliphatic rings. The summed E-state index contributed by atoms with van der Waals surface area (Å²) in [5.41, 5.74) is 3.56. The third-order valence-corrected chi connectivity index (χ3v) is 3.07. The molecule has 3 heteroatoms. The molecule has 0 aliphatic carbocycles. The summed E-state index contributed by atoms with van der Waals surface area (Å²) in [6.45, 7) is 8.05. The Labute approximate surface area is 108 Å². The van der Waals surface area contributed by atoms with Crippen LogP contribution in [0.25, 0.3) is 5.70 Å². The number of phenols is 1. The first-order chi connectivity index (χ1) is 8.49. The number of hydrogen-bond acceptors (Lipinski definition) is 3. The molecule has 0 saturated carbocycles. The quantitative estimate of drug-likeness (QED) is 0.863. The number of hydrogen-bond donors (Lipinski definition) is 1. The number of phenolic OH excluding ortho intramolecular Hbond substituents is 1. The van der Waals surface area contributed by atoms with Crippen molar-refractivity contribution >= 4 is 12.0 Å². The van der Waals surface area contributed by atoms with E-state index in [2.05, 4.69) is 25.4 Å². The van der Waals surface area contributed by atoms with Gasteiger partial charge in [-0.3, -0.25) is 0 Å². The highest BCUT2D eigenvalue weighted by Gasteiger charge is 2.11. The fourth-order valence-corrected chi connectivity index (χ4v) is 1.87. The molecule has 0 fully saturated rings. The van der Waals surface area contributed by atoms with Gasteiger partial charge in [-0.15, -0.1) is 0 Å². The van der Waals surface area contributed by atoms with E-state index < -0.39 is 0 Å². The summed E-state index contributed by atoms with van der Waals surface area (Å²) in [4.78, 5) is 6.19. The van der Waals surface area contributed by atoms with Crippen molar-refractivity contribution in [1.82, 2.24) is 4.90 Å². The van der Waals surface area contributed by atoms with E-state index in [1.807, 2.05) is 30.2 Å². The Kier molecular flexibility index (Phi) is 3.24. The van der Waals surface area contributed by atoms with Gasteiger partial charge in [-0.05, 0) is 23.6 Å². The summed E-state index contributed by atoms with van der Waals surface area (Å²) in [5, 5.41) is 10.00. The third kappa shape index (κ3) is 2.30. The van der Waals surface area contributed by atoms with Gasteiger partial charge in [0.1, 0.15) is 5.75 Å². The Morgan fingerprint density at radius 2 is 2.06 bits per heavy atom. The molecule has 0 saturated heterocycles. The molecule has 1 aromatic carbocycles.